The predicted octanol–water partition coefficient (Wildman–Crippen LogP) is 2.58. The highest BCUT2D eigenvalue weighted by atomic mass is 35.5. The van der Waals surface area contributed by atoms with E-state index in [9.17, 15) is 9.90 Å². The molecule has 1 aliphatic carbocycles. The normalized spacial score (nSPS) is 17.6. The van der Waals surface area contributed by atoms with Gasteiger partial charge in [-0.2, -0.15) is 0 Å². The number of rotatable bonds is 7. The number of nitrogens with zero attached hydrogens (tertiary/aromatic N) is 1. The molecule has 1 aromatic rings. The maximum Gasteiger partial charge on any atom is 0.224 e. The number of carbonyl (C=O) groups is 1. The monoisotopic (exact) mass is 324 g/mol. The second kappa shape index (κ2) is 7.44. The molecule has 22 heavy (non-hydrogen) atoms. The van der Waals surface area contributed by atoms with Crippen molar-refractivity contribution < 1.29 is 9.90 Å². The Morgan fingerprint density at radius 1 is 1.50 bits per heavy atom. The van der Waals surface area contributed by atoms with E-state index in [-0.39, 0.29) is 11.9 Å². The summed E-state index contributed by atoms with van der Waals surface area (Å²) < 4.78 is 0. The van der Waals surface area contributed by atoms with Gasteiger partial charge in [-0.3, -0.25) is 4.79 Å². The van der Waals surface area contributed by atoms with Gasteiger partial charge < -0.3 is 15.3 Å². The zero-order chi connectivity index (χ0) is 16.2. The first-order chi connectivity index (χ1) is 10.4. The molecule has 1 aromatic carbocycles. The number of carbonyl (C=O) groups excluding carboxylic acids is 1. The van der Waals surface area contributed by atoms with E-state index >= 15 is 0 Å². The molecule has 0 saturated heterocycles. The van der Waals surface area contributed by atoms with Gasteiger partial charge in [0.2, 0.25) is 5.91 Å². The van der Waals surface area contributed by atoms with Crippen LogP contribution in [0, 0.1) is 0 Å². The Balaban J connectivity index is 1.75. The van der Waals surface area contributed by atoms with Crippen LogP contribution in [-0.4, -0.2) is 41.1 Å². The van der Waals surface area contributed by atoms with Crippen LogP contribution in [0.3, 0.4) is 0 Å². The minimum atomic E-state index is -0.552. The Kier molecular flexibility index (Phi) is 5.84. The van der Waals surface area contributed by atoms with E-state index in [1.165, 1.54) is 0 Å². The van der Waals surface area contributed by atoms with Crippen molar-refractivity contribution in [1.29, 1.82) is 0 Å². The molecule has 2 rings (SSSR count). The summed E-state index contributed by atoms with van der Waals surface area (Å²) >= 11 is 5.96. The zero-order valence-electron chi connectivity index (χ0n) is 13.3. The number of amides is 1. The first-order valence-electron chi connectivity index (χ1n) is 7.82. The topological polar surface area (TPSA) is 52.6 Å². The van der Waals surface area contributed by atoms with E-state index in [0.717, 1.165) is 24.8 Å². The average Bonchev–Trinajstić information content (AvgIpc) is 2.43. The van der Waals surface area contributed by atoms with Crippen LogP contribution >= 0.6 is 11.6 Å². The van der Waals surface area contributed by atoms with Crippen LogP contribution in [0.4, 0.5) is 0 Å². The fourth-order valence-electron chi connectivity index (χ4n) is 2.61. The molecule has 4 nitrogen and oxygen atoms in total. The molecule has 1 aliphatic rings. The van der Waals surface area contributed by atoms with Gasteiger partial charge in [-0.15, -0.1) is 0 Å². The second-order valence-corrected chi connectivity index (χ2v) is 6.88. The van der Waals surface area contributed by atoms with Gasteiger partial charge in [-0.1, -0.05) is 23.7 Å². The van der Waals surface area contributed by atoms with Crippen LogP contribution in [0.25, 0.3) is 0 Å². The molecule has 2 N–H and O–H groups in total. The van der Waals surface area contributed by atoms with Crippen molar-refractivity contribution in [3.63, 3.8) is 0 Å². The number of benzene rings is 1. The zero-order valence-corrected chi connectivity index (χ0v) is 14.1. The lowest BCUT2D eigenvalue weighted by atomic mass is 9.80. The third-order valence-electron chi connectivity index (χ3n) is 4.28. The second-order valence-electron chi connectivity index (χ2n) is 6.44. The summed E-state index contributed by atoms with van der Waals surface area (Å²) in [7, 11) is 1.80. The van der Waals surface area contributed by atoms with Crippen molar-refractivity contribution in [2.45, 2.75) is 50.8 Å². The third kappa shape index (κ3) is 4.97. The van der Waals surface area contributed by atoms with Crippen molar-refractivity contribution in [1.82, 2.24) is 10.2 Å². The molecule has 1 saturated carbocycles. The van der Waals surface area contributed by atoms with Crippen molar-refractivity contribution in [3.05, 3.63) is 34.9 Å². The molecule has 1 unspecified atom stereocenters. The number of hydrogen-bond donors (Lipinski definition) is 2. The molecule has 0 aromatic heterocycles. The predicted molar refractivity (Wildman–Crippen MR) is 88.8 cm³/mol. The summed E-state index contributed by atoms with van der Waals surface area (Å²) in [6.45, 7) is 3.10. The van der Waals surface area contributed by atoms with Gasteiger partial charge in [-0.05, 0) is 43.9 Å². The Morgan fingerprint density at radius 3 is 2.82 bits per heavy atom. The quantitative estimate of drug-likeness (QED) is 0.810. The summed E-state index contributed by atoms with van der Waals surface area (Å²) in [6, 6.07) is 7.60. The van der Waals surface area contributed by atoms with Crippen LogP contribution in [-0.2, 0) is 11.3 Å². The minimum absolute atomic E-state index is 0.0546. The molecular weight excluding hydrogens is 300 g/mol. The van der Waals surface area contributed by atoms with Crippen LogP contribution in [0.5, 0.6) is 0 Å². The number of aliphatic hydroxyl groups is 1. The Hall–Kier alpha value is -1.10. The van der Waals surface area contributed by atoms with E-state index < -0.39 is 5.60 Å². The standard InChI is InChI=1S/C17H25ClN2O2/c1-13(19-12-17(22)7-4-8-17)9-16(21)20(2)11-14-5-3-6-15(18)10-14/h3,5-6,10,13,19,22H,4,7-9,11-12H2,1-2H3. The van der Waals surface area contributed by atoms with E-state index in [0.29, 0.717) is 24.5 Å². The lowest BCUT2D eigenvalue weighted by molar-refractivity contribution is -0.131. The van der Waals surface area contributed by atoms with Crippen molar-refractivity contribution in [2.75, 3.05) is 13.6 Å². The highest BCUT2D eigenvalue weighted by Crippen LogP contribution is 2.30. The summed E-state index contributed by atoms with van der Waals surface area (Å²) in [5, 5.41) is 14.0. The third-order valence-corrected chi connectivity index (χ3v) is 4.51. The molecule has 1 atom stereocenters. The van der Waals surface area contributed by atoms with E-state index in [4.69, 9.17) is 11.6 Å². The Bertz CT molecular complexity index is 517. The first kappa shape index (κ1) is 17.3. The largest absolute Gasteiger partial charge is 0.389 e. The Morgan fingerprint density at radius 2 is 2.23 bits per heavy atom. The van der Waals surface area contributed by atoms with Crippen LogP contribution in [0.15, 0.2) is 24.3 Å². The highest BCUT2D eigenvalue weighted by molar-refractivity contribution is 6.30. The van der Waals surface area contributed by atoms with Crippen LogP contribution < -0.4 is 5.32 Å². The number of nitrogens with one attached hydrogen (secondary N) is 1. The molecule has 1 amide bonds. The molecule has 1 fully saturated rings. The lowest BCUT2D eigenvalue weighted by Gasteiger charge is -2.37. The minimum Gasteiger partial charge on any atom is -0.389 e. The van der Waals surface area contributed by atoms with Crippen molar-refractivity contribution in [2.24, 2.45) is 0 Å². The molecule has 0 aliphatic heterocycles. The van der Waals surface area contributed by atoms with Crippen molar-refractivity contribution >= 4 is 17.5 Å². The average molecular weight is 325 g/mol. The summed E-state index contributed by atoms with van der Waals surface area (Å²) in [6.07, 6.45) is 3.23. The highest BCUT2D eigenvalue weighted by Gasteiger charge is 2.34. The molecule has 0 heterocycles. The van der Waals surface area contributed by atoms with Crippen LogP contribution in [0.1, 0.15) is 38.2 Å². The molecular formula is C17H25ClN2O2. The van der Waals surface area contributed by atoms with Gasteiger partial charge in [0, 0.05) is 37.6 Å². The molecule has 122 valence electrons. The molecule has 0 spiro atoms. The van der Waals surface area contributed by atoms with Gasteiger partial charge in [-0.25, -0.2) is 0 Å². The smallest absolute Gasteiger partial charge is 0.224 e. The fourth-order valence-corrected chi connectivity index (χ4v) is 2.83. The summed E-state index contributed by atoms with van der Waals surface area (Å²) in [4.78, 5) is 14.0. The van der Waals surface area contributed by atoms with E-state index in [1.807, 2.05) is 31.2 Å². The molecule has 5 heteroatoms. The lowest BCUT2D eigenvalue weighted by Crippen LogP contribution is -2.49. The van der Waals surface area contributed by atoms with Gasteiger partial charge in [0.05, 0.1) is 5.60 Å². The van der Waals surface area contributed by atoms with Crippen LogP contribution in [0.2, 0.25) is 5.02 Å². The maximum absolute atomic E-state index is 12.2. The maximum atomic E-state index is 12.2. The SMILES string of the molecule is CC(CC(=O)N(C)Cc1cccc(Cl)c1)NCC1(O)CCC1. The fraction of sp³-hybridized carbons (Fsp3) is 0.588. The number of halogens is 1. The first-order valence-corrected chi connectivity index (χ1v) is 8.20. The van der Waals surface area contributed by atoms with E-state index in [1.54, 1.807) is 11.9 Å². The molecule has 0 bridgehead atoms. The summed E-state index contributed by atoms with van der Waals surface area (Å²) in [5.41, 5.74) is 0.469. The number of hydrogen-bond acceptors (Lipinski definition) is 3. The van der Waals surface area contributed by atoms with E-state index in [2.05, 4.69) is 5.32 Å². The summed E-state index contributed by atoms with van der Waals surface area (Å²) in [5.74, 6) is 0.0839. The van der Waals surface area contributed by atoms with Gasteiger partial charge in [0.1, 0.15) is 0 Å². The Labute approximate surface area is 137 Å². The van der Waals surface area contributed by atoms with Gasteiger partial charge in [0.25, 0.3) is 0 Å². The van der Waals surface area contributed by atoms with Gasteiger partial charge >= 0.3 is 0 Å². The van der Waals surface area contributed by atoms with Crippen molar-refractivity contribution in [3.8, 4) is 0 Å². The van der Waals surface area contributed by atoms with Gasteiger partial charge in [0.15, 0.2) is 0 Å². The molecule has 0 radical (unpaired) electrons.